The molecule has 0 bridgehead atoms. The third kappa shape index (κ3) is 2.45. The van der Waals surface area contributed by atoms with Crippen LogP contribution in [0.1, 0.15) is 30.9 Å². The van der Waals surface area contributed by atoms with Crippen molar-refractivity contribution in [1.29, 1.82) is 0 Å². The number of hydrogen-bond acceptors (Lipinski definition) is 4. The monoisotopic (exact) mass is 388 g/mol. The van der Waals surface area contributed by atoms with Crippen molar-refractivity contribution in [3.05, 3.63) is 46.1 Å². The summed E-state index contributed by atoms with van der Waals surface area (Å²) in [6, 6.07) is 10.5. The Kier molecular flexibility index (Phi) is 3.69. The molecule has 0 amide bonds. The van der Waals surface area contributed by atoms with Crippen molar-refractivity contribution in [1.82, 2.24) is 4.57 Å². The molecule has 0 spiro atoms. The minimum atomic E-state index is 0.165. The first kappa shape index (κ1) is 15.7. The van der Waals surface area contributed by atoms with Crippen LogP contribution in [0.25, 0.3) is 0 Å². The zero-order chi connectivity index (χ0) is 16.9. The predicted octanol–water partition coefficient (Wildman–Crippen LogP) is 3.72. The topological polar surface area (TPSA) is 55.8 Å². The second kappa shape index (κ2) is 5.63. The summed E-state index contributed by atoms with van der Waals surface area (Å²) in [6.07, 6.45) is 2.37. The number of nitrogens with two attached hydrogens (primary N) is 1. The smallest absolute Gasteiger partial charge is 0.131 e. The van der Waals surface area contributed by atoms with Crippen LogP contribution in [-0.2, 0) is 16.9 Å². The van der Waals surface area contributed by atoms with Gasteiger partial charge in [-0.25, -0.2) is 4.99 Å². The van der Waals surface area contributed by atoms with E-state index in [9.17, 15) is 0 Å². The highest BCUT2D eigenvalue weighted by atomic mass is 79.9. The number of methoxy groups -OCH3 is 1. The van der Waals surface area contributed by atoms with Crippen LogP contribution in [0, 0.1) is 0 Å². The molecule has 2 aromatic rings. The average molecular weight is 389 g/mol. The minimum Gasteiger partial charge on any atom is -0.383 e. The normalized spacial score (nSPS) is 18.3. The quantitative estimate of drug-likeness (QED) is 0.867. The Labute approximate surface area is 150 Å². The Bertz CT molecular complexity index is 805. The van der Waals surface area contributed by atoms with Gasteiger partial charge in [-0.1, -0.05) is 12.1 Å². The molecule has 2 aliphatic rings. The lowest BCUT2D eigenvalue weighted by Gasteiger charge is -2.31. The number of anilines is 2. The van der Waals surface area contributed by atoms with Crippen molar-refractivity contribution in [2.75, 3.05) is 18.7 Å². The highest BCUT2D eigenvalue weighted by molar-refractivity contribution is 9.10. The summed E-state index contributed by atoms with van der Waals surface area (Å²) >= 11 is 3.72. The van der Waals surface area contributed by atoms with Crippen molar-refractivity contribution < 1.29 is 4.74 Å². The SMILES string of the molecule is COCc1ccc(N2CN=C(N)c3cc(Br)n(C4(C)CC4)c32)cc1. The lowest BCUT2D eigenvalue weighted by atomic mass is 10.1. The molecule has 6 heteroatoms. The Morgan fingerprint density at radius 3 is 2.62 bits per heavy atom. The number of rotatable bonds is 4. The fourth-order valence-electron chi connectivity index (χ4n) is 3.28. The highest BCUT2D eigenvalue weighted by Gasteiger charge is 2.44. The lowest BCUT2D eigenvalue weighted by molar-refractivity contribution is 0.185. The molecule has 2 N–H and O–H groups in total. The van der Waals surface area contributed by atoms with Gasteiger partial charge in [0, 0.05) is 18.3 Å². The number of ether oxygens (including phenoxy) is 1. The molecule has 0 atom stereocenters. The van der Waals surface area contributed by atoms with E-state index in [0.717, 1.165) is 27.2 Å². The van der Waals surface area contributed by atoms with Gasteiger partial charge in [-0.15, -0.1) is 0 Å². The van der Waals surface area contributed by atoms with E-state index in [1.807, 2.05) is 0 Å². The van der Waals surface area contributed by atoms with Crippen LogP contribution >= 0.6 is 15.9 Å². The van der Waals surface area contributed by atoms with E-state index in [4.69, 9.17) is 10.5 Å². The highest BCUT2D eigenvalue weighted by Crippen LogP contribution is 2.50. The lowest BCUT2D eigenvalue weighted by Crippen LogP contribution is -2.32. The van der Waals surface area contributed by atoms with Crippen molar-refractivity contribution in [2.24, 2.45) is 10.7 Å². The third-order valence-corrected chi connectivity index (χ3v) is 5.50. The van der Waals surface area contributed by atoms with E-state index in [2.05, 4.69) is 67.6 Å². The van der Waals surface area contributed by atoms with E-state index in [1.165, 1.54) is 12.8 Å². The first-order valence-electron chi connectivity index (χ1n) is 8.11. The molecule has 1 aromatic carbocycles. The van der Waals surface area contributed by atoms with Gasteiger partial charge in [-0.05, 0) is 59.5 Å². The largest absolute Gasteiger partial charge is 0.383 e. The van der Waals surface area contributed by atoms with Crippen molar-refractivity contribution in [2.45, 2.75) is 31.9 Å². The first-order chi connectivity index (χ1) is 11.5. The minimum absolute atomic E-state index is 0.165. The van der Waals surface area contributed by atoms with Gasteiger partial charge < -0.3 is 19.9 Å². The van der Waals surface area contributed by atoms with Gasteiger partial charge in [-0.3, -0.25) is 0 Å². The van der Waals surface area contributed by atoms with Gasteiger partial charge in [0.2, 0.25) is 0 Å². The van der Waals surface area contributed by atoms with Crippen LogP contribution in [0.15, 0.2) is 39.9 Å². The maximum absolute atomic E-state index is 6.17. The van der Waals surface area contributed by atoms with E-state index in [-0.39, 0.29) is 5.54 Å². The Hall–Kier alpha value is -1.79. The molecular weight excluding hydrogens is 368 g/mol. The molecule has 5 nitrogen and oxygen atoms in total. The second-order valence-corrected chi connectivity index (χ2v) is 7.56. The molecule has 1 aliphatic heterocycles. The van der Waals surface area contributed by atoms with Crippen LogP contribution < -0.4 is 10.6 Å². The summed E-state index contributed by atoms with van der Waals surface area (Å²) in [5.74, 6) is 1.75. The number of benzene rings is 1. The fourth-order valence-corrected chi connectivity index (χ4v) is 4.11. The van der Waals surface area contributed by atoms with Gasteiger partial charge >= 0.3 is 0 Å². The van der Waals surface area contributed by atoms with Crippen LogP contribution in [0.5, 0.6) is 0 Å². The molecule has 4 rings (SSSR count). The van der Waals surface area contributed by atoms with Gasteiger partial charge in [0.15, 0.2) is 0 Å². The molecule has 1 aliphatic carbocycles. The van der Waals surface area contributed by atoms with Crippen LogP contribution in [0.2, 0.25) is 0 Å². The number of amidine groups is 1. The number of halogens is 1. The standard InChI is InChI=1S/C18H21BrN4O/c1-18(7-8-18)23-15(19)9-14-16(20)21-11-22(17(14)23)13-5-3-12(4-6-13)10-24-2/h3-6,9H,7-8,10-11H2,1-2H3,(H2,20,21). The molecule has 0 radical (unpaired) electrons. The van der Waals surface area contributed by atoms with Crippen LogP contribution in [0.4, 0.5) is 11.5 Å². The molecule has 24 heavy (non-hydrogen) atoms. The molecule has 2 heterocycles. The molecule has 1 aromatic heterocycles. The summed E-state index contributed by atoms with van der Waals surface area (Å²) in [5.41, 5.74) is 9.61. The number of hydrogen-bond donors (Lipinski definition) is 1. The average Bonchev–Trinajstić information content (AvgIpc) is 3.19. The molecule has 0 unspecified atom stereocenters. The number of aromatic nitrogens is 1. The van der Waals surface area contributed by atoms with Crippen LogP contribution in [0.3, 0.4) is 0 Å². The predicted molar refractivity (Wildman–Crippen MR) is 99.9 cm³/mol. The van der Waals surface area contributed by atoms with Gasteiger partial charge in [0.1, 0.15) is 18.3 Å². The molecule has 126 valence electrons. The van der Waals surface area contributed by atoms with E-state index < -0.39 is 0 Å². The summed E-state index contributed by atoms with van der Waals surface area (Å²) in [6.45, 7) is 3.45. The van der Waals surface area contributed by atoms with Crippen molar-refractivity contribution >= 4 is 33.3 Å². The maximum atomic E-state index is 6.17. The number of aliphatic imine (C=N–C) groups is 1. The van der Waals surface area contributed by atoms with E-state index in [1.54, 1.807) is 7.11 Å². The van der Waals surface area contributed by atoms with Crippen molar-refractivity contribution in [3.8, 4) is 0 Å². The third-order valence-electron chi connectivity index (χ3n) is 4.92. The summed E-state index contributed by atoms with van der Waals surface area (Å²) in [4.78, 5) is 6.74. The second-order valence-electron chi connectivity index (χ2n) is 6.75. The molecular formula is C18H21BrN4O. The number of nitrogens with zero attached hydrogens (tertiary/aromatic N) is 3. The summed E-state index contributed by atoms with van der Waals surface area (Å²) < 4.78 is 8.63. The Balaban J connectivity index is 1.80. The Morgan fingerprint density at radius 2 is 2.00 bits per heavy atom. The molecule has 1 fully saturated rings. The maximum Gasteiger partial charge on any atom is 0.131 e. The summed E-state index contributed by atoms with van der Waals surface area (Å²) in [5, 5.41) is 0. The fraction of sp³-hybridized carbons (Fsp3) is 0.389. The zero-order valence-corrected chi connectivity index (χ0v) is 15.5. The zero-order valence-electron chi connectivity index (χ0n) is 13.9. The number of fused-ring (bicyclic) bond motifs is 1. The van der Waals surface area contributed by atoms with E-state index >= 15 is 0 Å². The van der Waals surface area contributed by atoms with Gasteiger partial charge in [0.05, 0.1) is 16.8 Å². The molecule has 1 saturated carbocycles. The van der Waals surface area contributed by atoms with Crippen molar-refractivity contribution in [3.63, 3.8) is 0 Å². The van der Waals surface area contributed by atoms with Gasteiger partial charge in [0.25, 0.3) is 0 Å². The Morgan fingerprint density at radius 1 is 1.29 bits per heavy atom. The van der Waals surface area contributed by atoms with Gasteiger partial charge in [-0.2, -0.15) is 0 Å². The summed E-state index contributed by atoms with van der Waals surface area (Å²) in [7, 11) is 1.71. The molecule has 0 saturated heterocycles. The van der Waals surface area contributed by atoms with Crippen LogP contribution in [-0.4, -0.2) is 24.2 Å². The first-order valence-corrected chi connectivity index (χ1v) is 8.90. The van der Waals surface area contributed by atoms with E-state index in [0.29, 0.717) is 19.1 Å².